The molecule has 0 radical (unpaired) electrons. The van der Waals surface area contributed by atoms with Crippen molar-refractivity contribution < 1.29 is 4.79 Å². The van der Waals surface area contributed by atoms with E-state index in [-0.39, 0.29) is 5.24 Å². The molecule has 0 atom stereocenters. The Morgan fingerprint density at radius 2 is 2.19 bits per heavy atom. The maximum Gasteiger partial charge on any atom is 0.299 e. The minimum absolute atomic E-state index is 0.0803. The Morgan fingerprint density at radius 3 is 3.00 bits per heavy atom. The molecule has 1 N–H and O–H groups in total. The first kappa shape index (κ1) is 9.86. The smallest absolute Gasteiger partial charge is 0.260 e. The zero-order chi connectivity index (χ0) is 11.0. The third kappa shape index (κ3) is 1.62. The summed E-state index contributed by atoms with van der Waals surface area (Å²) < 4.78 is 1.25. The van der Waals surface area contributed by atoms with Crippen molar-refractivity contribution in [2.24, 2.45) is 5.10 Å². The lowest BCUT2D eigenvalue weighted by molar-refractivity contribution is 0.261. The number of rotatable bonds is 1. The van der Waals surface area contributed by atoms with Crippen LogP contribution in [0.25, 0.3) is 10.1 Å². The van der Waals surface area contributed by atoms with E-state index in [0.717, 1.165) is 11.3 Å². The van der Waals surface area contributed by atoms with Crippen LogP contribution >= 0.6 is 23.1 Å². The van der Waals surface area contributed by atoms with Gasteiger partial charge in [-0.3, -0.25) is 4.79 Å². The monoisotopic (exact) mass is 248 g/mol. The van der Waals surface area contributed by atoms with E-state index >= 15 is 0 Å². The van der Waals surface area contributed by atoms with E-state index in [4.69, 9.17) is 0 Å². The fourth-order valence-corrected chi connectivity index (χ4v) is 3.22. The van der Waals surface area contributed by atoms with Gasteiger partial charge in [-0.2, -0.15) is 5.10 Å². The molecule has 1 aromatic heterocycles. The number of hydrogen-bond donors (Lipinski definition) is 1. The molecular formula is C11H8N2OS2. The Bertz CT molecular complexity index is 588. The van der Waals surface area contributed by atoms with Crippen molar-refractivity contribution in [2.45, 2.75) is 0 Å². The van der Waals surface area contributed by atoms with Gasteiger partial charge in [0, 0.05) is 26.8 Å². The minimum atomic E-state index is -0.0803. The molecule has 1 amide bonds. The molecule has 5 heteroatoms. The highest BCUT2D eigenvalue weighted by atomic mass is 32.2. The molecule has 80 valence electrons. The summed E-state index contributed by atoms with van der Waals surface area (Å²) in [5, 5.41) is 7.34. The average molecular weight is 248 g/mol. The van der Waals surface area contributed by atoms with Gasteiger partial charge >= 0.3 is 0 Å². The van der Waals surface area contributed by atoms with Gasteiger partial charge in [0.25, 0.3) is 5.24 Å². The van der Waals surface area contributed by atoms with Gasteiger partial charge in [-0.1, -0.05) is 30.0 Å². The fraction of sp³-hybridized carbons (Fsp3) is 0.0909. The number of benzene rings is 1. The molecule has 1 aromatic carbocycles. The third-order valence-corrected chi connectivity index (χ3v) is 4.15. The summed E-state index contributed by atoms with van der Waals surface area (Å²) in [7, 11) is 0. The van der Waals surface area contributed by atoms with Crippen LogP contribution in [0, 0.1) is 0 Å². The van der Waals surface area contributed by atoms with Gasteiger partial charge in [0.15, 0.2) is 0 Å². The van der Waals surface area contributed by atoms with Crippen LogP contribution in [-0.2, 0) is 0 Å². The molecule has 3 nitrogen and oxygen atoms in total. The number of amides is 1. The van der Waals surface area contributed by atoms with Gasteiger partial charge in [0.1, 0.15) is 0 Å². The Hall–Kier alpha value is -1.33. The van der Waals surface area contributed by atoms with Gasteiger partial charge in [-0.15, -0.1) is 11.3 Å². The standard InChI is InChI=1S/C11H8N2OS2/c14-11-13-12-9(6-16-11)8-5-15-10-4-2-1-3-7(8)10/h1-5H,6H2,(H,13,14). The minimum Gasteiger partial charge on any atom is -0.260 e. The molecule has 0 fully saturated rings. The number of carbonyl (C=O) groups excluding carboxylic acids is 1. The average Bonchev–Trinajstić information content (AvgIpc) is 2.74. The van der Waals surface area contributed by atoms with Crippen molar-refractivity contribution in [2.75, 3.05) is 5.75 Å². The number of carbonyl (C=O) groups is 1. The maximum atomic E-state index is 11.0. The lowest BCUT2D eigenvalue weighted by Gasteiger charge is -2.10. The Balaban J connectivity index is 2.09. The Labute approximate surface area is 101 Å². The van der Waals surface area contributed by atoms with Gasteiger partial charge in [-0.25, -0.2) is 5.43 Å². The van der Waals surface area contributed by atoms with Crippen LogP contribution in [0.4, 0.5) is 4.79 Å². The van der Waals surface area contributed by atoms with E-state index in [1.165, 1.54) is 21.8 Å². The van der Waals surface area contributed by atoms with Crippen molar-refractivity contribution in [1.82, 2.24) is 5.43 Å². The Morgan fingerprint density at radius 1 is 1.31 bits per heavy atom. The van der Waals surface area contributed by atoms with Crippen molar-refractivity contribution in [1.29, 1.82) is 0 Å². The van der Waals surface area contributed by atoms with Gasteiger partial charge in [0.05, 0.1) is 5.71 Å². The topological polar surface area (TPSA) is 41.5 Å². The number of thiophene rings is 1. The van der Waals surface area contributed by atoms with Crippen LogP contribution in [0.3, 0.4) is 0 Å². The molecule has 0 spiro atoms. The zero-order valence-electron chi connectivity index (χ0n) is 8.27. The van der Waals surface area contributed by atoms with E-state index in [2.05, 4.69) is 28.0 Å². The molecule has 0 bridgehead atoms. The quantitative estimate of drug-likeness (QED) is 0.842. The highest BCUT2D eigenvalue weighted by Gasteiger charge is 2.16. The summed E-state index contributed by atoms with van der Waals surface area (Å²) in [5.41, 5.74) is 4.58. The SMILES string of the molecule is O=C1NN=C(c2csc3ccccc23)CS1. The normalized spacial score (nSPS) is 16.0. The summed E-state index contributed by atoms with van der Waals surface area (Å²) in [6.45, 7) is 0. The molecule has 2 heterocycles. The van der Waals surface area contributed by atoms with Crippen LogP contribution < -0.4 is 5.43 Å². The zero-order valence-corrected chi connectivity index (χ0v) is 9.90. The van der Waals surface area contributed by atoms with Crippen LogP contribution in [0.15, 0.2) is 34.7 Å². The summed E-state index contributed by atoms with van der Waals surface area (Å²) in [6, 6.07) is 8.23. The van der Waals surface area contributed by atoms with Crippen LogP contribution in [0.2, 0.25) is 0 Å². The van der Waals surface area contributed by atoms with Crippen LogP contribution in [0.1, 0.15) is 5.56 Å². The van der Waals surface area contributed by atoms with E-state index in [0.29, 0.717) is 5.75 Å². The highest BCUT2D eigenvalue weighted by Crippen LogP contribution is 2.27. The molecule has 0 unspecified atom stereocenters. The lowest BCUT2D eigenvalue weighted by Crippen LogP contribution is -2.23. The second-order valence-electron chi connectivity index (χ2n) is 3.39. The summed E-state index contributed by atoms with van der Waals surface area (Å²) >= 11 is 2.96. The molecule has 0 saturated heterocycles. The number of hydrazone groups is 1. The summed E-state index contributed by atoms with van der Waals surface area (Å²) in [4.78, 5) is 11.0. The van der Waals surface area contributed by atoms with E-state index < -0.39 is 0 Å². The number of thioether (sulfide) groups is 1. The molecule has 1 aliphatic rings. The second kappa shape index (κ2) is 3.92. The molecule has 2 aromatic rings. The molecular weight excluding hydrogens is 240 g/mol. The third-order valence-electron chi connectivity index (χ3n) is 2.41. The van der Waals surface area contributed by atoms with Gasteiger partial charge < -0.3 is 0 Å². The molecule has 0 saturated carbocycles. The molecule has 3 rings (SSSR count). The predicted octanol–water partition coefficient (Wildman–Crippen LogP) is 3.06. The fourth-order valence-electron chi connectivity index (χ4n) is 1.65. The highest BCUT2D eigenvalue weighted by molar-refractivity contribution is 8.14. The predicted molar refractivity (Wildman–Crippen MR) is 69.4 cm³/mol. The van der Waals surface area contributed by atoms with Crippen LogP contribution in [-0.4, -0.2) is 16.7 Å². The van der Waals surface area contributed by atoms with E-state index in [1.807, 2.05) is 12.1 Å². The second-order valence-corrected chi connectivity index (χ2v) is 5.25. The first-order valence-corrected chi connectivity index (χ1v) is 6.67. The lowest BCUT2D eigenvalue weighted by atomic mass is 10.1. The number of hydrogen-bond acceptors (Lipinski definition) is 4. The van der Waals surface area contributed by atoms with Crippen LogP contribution in [0.5, 0.6) is 0 Å². The van der Waals surface area contributed by atoms with Crippen molar-refractivity contribution in [3.8, 4) is 0 Å². The van der Waals surface area contributed by atoms with E-state index in [9.17, 15) is 4.79 Å². The molecule has 0 aliphatic carbocycles. The van der Waals surface area contributed by atoms with E-state index in [1.54, 1.807) is 11.3 Å². The Kier molecular flexibility index (Phi) is 2.41. The number of fused-ring (bicyclic) bond motifs is 1. The summed E-state index contributed by atoms with van der Waals surface area (Å²) in [6.07, 6.45) is 0. The number of nitrogens with one attached hydrogen (secondary N) is 1. The van der Waals surface area contributed by atoms with Gasteiger partial charge in [0.2, 0.25) is 0 Å². The first-order chi connectivity index (χ1) is 7.84. The van der Waals surface area contributed by atoms with Crippen molar-refractivity contribution in [3.63, 3.8) is 0 Å². The molecule has 16 heavy (non-hydrogen) atoms. The van der Waals surface area contributed by atoms with Crippen molar-refractivity contribution in [3.05, 3.63) is 35.2 Å². The molecule has 1 aliphatic heterocycles. The largest absolute Gasteiger partial charge is 0.299 e. The summed E-state index contributed by atoms with van der Waals surface area (Å²) in [5.74, 6) is 0.645. The van der Waals surface area contributed by atoms with Gasteiger partial charge in [-0.05, 0) is 6.07 Å². The maximum absolute atomic E-state index is 11.0. The van der Waals surface area contributed by atoms with Crippen molar-refractivity contribution >= 4 is 44.1 Å². The first-order valence-electron chi connectivity index (χ1n) is 4.80. The number of nitrogens with zero attached hydrogens (tertiary/aromatic N) is 1.